The van der Waals surface area contributed by atoms with Gasteiger partial charge in [-0.25, -0.2) is 9.59 Å². The monoisotopic (exact) mass is 313 g/mol. The molecule has 2 aromatic rings. The van der Waals surface area contributed by atoms with Gasteiger partial charge >= 0.3 is 11.9 Å². The molecular weight excluding hydrogens is 302 g/mol. The van der Waals surface area contributed by atoms with Gasteiger partial charge in [0.2, 0.25) is 0 Å². The second-order valence-corrected chi connectivity index (χ2v) is 5.36. The molecule has 2 rings (SSSR count). The van der Waals surface area contributed by atoms with Crippen molar-refractivity contribution in [3.8, 4) is 6.07 Å². The molecule has 0 fully saturated rings. The number of rotatable bonds is 4. The van der Waals surface area contributed by atoms with Crippen LogP contribution in [0.2, 0.25) is 0 Å². The van der Waals surface area contributed by atoms with Crippen molar-refractivity contribution in [3.05, 3.63) is 59.2 Å². The number of carbonyl (C=O) groups is 2. The minimum absolute atomic E-state index is 0.0181. The Kier molecular flexibility index (Phi) is 4.81. The third-order valence-corrected chi connectivity index (χ3v) is 3.93. The van der Waals surface area contributed by atoms with Gasteiger partial charge in [0, 0.05) is 9.79 Å². The lowest BCUT2D eigenvalue weighted by atomic mass is 10.1. The summed E-state index contributed by atoms with van der Waals surface area (Å²) >= 11 is 1.29. The zero-order valence-corrected chi connectivity index (χ0v) is 12.4. The van der Waals surface area contributed by atoms with E-state index in [2.05, 4.69) is 0 Å². The maximum absolute atomic E-state index is 11.8. The number of nitriles is 1. The molecule has 0 bridgehead atoms. The maximum atomic E-state index is 11.8. The number of carbonyl (C=O) groups excluding carboxylic acids is 1. The molecule has 0 aromatic heterocycles. The number of carboxylic acids is 1. The number of methoxy groups -OCH3 is 1. The predicted molar refractivity (Wildman–Crippen MR) is 80.0 cm³/mol. The van der Waals surface area contributed by atoms with Crippen molar-refractivity contribution in [2.75, 3.05) is 7.11 Å². The average Bonchev–Trinajstić information content (AvgIpc) is 2.55. The quantitative estimate of drug-likeness (QED) is 0.872. The molecule has 5 nitrogen and oxygen atoms in total. The fourth-order valence-electron chi connectivity index (χ4n) is 1.75. The summed E-state index contributed by atoms with van der Waals surface area (Å²) in [5.74, 6) is -1.71. The van der Waals surface area contributed by atoms with Crippen molar-refractivity contribution in [2.45, 2.75) is 9.79 Å². The third kappa shape index (κ3) is 3.45. The van der Waals surface area contributed by atoms with Gasteiger partial charge in [-0.3, -0.25) is 0 Å². The van der Waals surface area contributed by atoms with Gasteiger partial charge in [0.05, 0.1) is 29.9 Å². The van der Waals surface area contributed by atoms with Gasteiger partial charge in [0.15, 0.2) is 0 Å². The molecule has 0 aliphatic heterocycles. The number of carboxylic acid groups (broad SMARTS) is 1. The Morgan fingerprint density at radius 1 is 1.18 bits per heavy atom. The molecule has 0 atom stereocenters. The van der Waals surface area contributed by atoms with Crippen molar-refractivity contribution >= 4 is 23.7 Å². The number of nitrogens with zero attached hydrogens (tertiary/aromatic N) is 1. The van der Waals surface area contributed by atoms with E-state index in [9.17, 15) is 9.59 Å². The fourth-order valence-corrected chi connectivity index (χ4v) is 2.66. The minimum atomic E-state index is -1.11. The molecule has 2 aromatic carbocycles. The number of benzene rings is 2. The molecule has 0 amide bonds. The summed E-state index contributed by atoms with van der Waals surface area (Å²) in [6, 6.07) is 13.2. The second kappa shape index (κ2) is 6.78. The molecule has 6 heteroatoms. The number of hydrogen-bond acceptors (Lipinski definition) is 5. The topological polar surface area (TPSA) is 87.4 Å². The van der Waals surface area contributed by atoms with Crippen LogP contribution in [0.15, 0.2) is 52.3 Å². The first-order chi connectivity index (χ1) is 10.5. The van der Waals surface area contributed by atoms with Crippen LogP contribution in [-0.2, 0) is 4.74 Å². The highest BCUT2D eigenvalue weighted by atomic mass is 32.2. The van der Waals surface area contributed by atoms with Gasteiger partial charge in [-0.1, -0.05) is 11.8 Å². The van der Waals surface area contributed by atoms with Gasteiger partial charge in [0.1, 0.15) is 0 Å². The number of ether oxygens (including phenoxy) is 1. The largest absolute Gasteiger partial charge is 0.478 e. The van der Waals surface area contributed by atoms with E-state index < -0.39 is 11.9 Å². The summed E-state index contributed by atoms with van der Waals surface area (Å²) in [5, 5.41) is 17.8. The highest BCUT2D eigenvalue weighted by Gasteiger charge is 2.16. The Morgan fingerprint density at radius 3 is 2.41 bits per heavy atom. The summed E-state index contributed by atoms with van der Waals surface area (Å²) in [6.07, 6.45) is 0. The van der Waals surface area contributed by atoms with Crippen LogP contribution < -0.4 is 0 Å². The Labute approximate surface area is 131 Å². The summed E-state index contributed by atoms with van der Waals surface area (Å²) in [6.45, 7) is 0. The van der Waals surface area contributed by atoms with E-state index in [1.54, 1.807) is 30.3 Å². The van der Waals surface area contributed by atoms with Crippen LogP contribution in [0.5, 0.6) is 0 Å². The second-order valence-electron chi connectivity index (χ2n) is 4.25. The summed E-state index contributed by atoms with van der Waals surface area (Å²) in [4.78, 5) is 24.3. The molecular formula is C16H11NO4S. The van der Waals surface area contributed by atoms with Crippen LogP contribution in [0.4, 0.5) is 0 Å². The first-order valence-electron chi connectivity index (χ1n) is 6.19. The first kappa shape index (κ1) is 15.6. The van der Waals surface area contributed by atoms with Crippen molar-refractivity contribution in [1.29, 1.82) is 5.26 Å². The van der Waals surface area contributed by atoms with Gasteiger partial charge in [-0.05, 0) is 42.5 Å². The zero-order valence-electron chi connectivity index (χ0n) is 11.6. The molecule has 0 aliphatic carbocycles. The molecule has 0 spiro atoms. The average molecular weight is 313 g/mol. The molecule has 0 aliphatic rings. The van der Waals surface area contributed by atoms with Crippen LogP contribution in [0, 0.1) is 11.3 Å². The van der Waals surface area contributed by atoms with Gasteiger partial charge in [0.25, 0.3) is 0 Å². The van der Waals surface area contributed by atoms with E-state index in [0.29, 0.717) is 10.5 Å². The predicted octanol–water partition coefficient (Wildman–Crippen LogP) is 3.19. The Hall–Kier alpha value is -2.78. The molecule has 0 radical (unpaired) electrons. The summed E-state index contributed by atoms with van der Waals surface area (Å²) < 4.78 is 4.70. The molecule has 1 N–H and O–H groups in total. The fraction of sp³-hybridized carbons (Fsp3) is 0.0625. The van der Waals surface area contributed by atoms with Gasteiger partial charge < -0.3 is 9.84 Å². The first-order valence-corrected chi connectivity index (χ1v) is 7.00. The standard InChI is InChI=1S/C16H11NO4S/c1-21-16(20)13-8-11(15(18)19)4-7-14(13)22-12-5-2-10(9-17)3-6-12/h2-8H,1H3,(H,18,19). The molecule has 0 heterocycles. The van der Waals surface area contributed by atoms with Crippen molar-refractivity contribution in [1.82, 2.24) is 0 Å². The lowest BCUT2D eigenvalue weighted by molar-refractivity contribution is 0.0597. The summed E-state index contributed by atoms with van der Waals surface area (Å²) in [5.41, 5.74) is 0.750. The lowest BCUT2D eigenvalue weighted by Gasteiger charge is -2.09. The molecule has 0 unspecified atom stereocenters. The molecule has 0 saturated heterocycles. The van der Waals surface area contributed by atoms with E-state index in [4.69, 9.17) is 15.1 Å². The molecule has 0 saturated carbocycles. The van der Waals surface area contributed by atoms with Crippen molar-refractivity contribution in [3.63, 3.8) is 0 Å². The van der Waals surface area contributed by atoms with E-state index in [1.807, 2.05) is 6.07 Å². The smallest absolute Gasteiger partial charge is 0.339 e. The zero-order chi connectivity index (χ0) is 16.1. The van der Waals surface area contributed by atoms with Gasteiger partial charge in [-0.2, -0.15) is 5.26 Å². The van der Waals surface area contributed by atoms with E-state index >= 15 is 0 Å². The molecule has 110 valence electrons. The number of aromatic carboxylic acids is 1. The number of hydrogen-bond donors (Lipinski definition) is 1. The Morgan fingerprint density at radius 2 is 1.86 bits per heavy atom. The normalized spacial score (nSPS) is 9.82. The minimum Gasteiger partial charge on any atom is -0.478 e. The highest BCUT2D eigenvalue weighted by Crippen LogP contribution is 2.31. The Bertz CT molecular complexity index is 763. The van der Waals surface area contributed by atoms with Gasteiger partial charge in [-0.15, -0.1) is 0 Å². The molecule has 22 heavy (non-hydrogen) atoms. The van der Waals surface area contributed by atoms with Crippen LogP contribution in [0.25, 0.3) is 0 Å². The van der Waals surface area contributed by atoms with E-state index in [1.165, 1.54) is 31.0 Å². The van der Waals surface area contributed by atoms with Crippen molar-refractivity contribution < 1.29 is 19.4 Å². The van der Waals surface area contributed by atoms with E-state index in [-0.39, 0.29) is 11.1 Å². The summed E-state index contributed by atoms with van der Waals surface area (Å²) in [7, 11) is 1.24. The highest BCUT2D eigenvalue weighted by molar-refractivity contribution is 7.99. The maximum Gasteiger partial charge on any atom is 0.339 e. The number of esters is 1. The SMILES string of the molecule is COC(=O)c1cc(C(=O)O)ccc1Sc1ccc(C#N)cc1. The Balaban J connectivity index is 2.38. The van der Waals surface area contributed by atoms with E-state index in [0.717, 1.165) is 4.90 Å². The van der Waals surface area contributed by atoms with Crippen molar-refractivity contribution in [2.24, 2.45) is 0 Å². The van der Waals surface area contributed by atoms with Crippen LogP contribution in [-0.4, -0.2) is 24.2 Å². The van der Waals surface area contributed by atoms with Crippen LogP contribution in [0.3, 0.4) is 0 Å². The van der Waals surface area contributed by atoms with Crippen LogP contribution in [0.1, 0.15) is 26.3 Å². The lowest BCUT2D eigenvalue weighted by Crippen LogP contribution is -2.06. The third-order valence-electron chi connectivity index (χ3n) is 2.84. The van der Waals surface area contributed by atoms with Crippen LogP contribution >= 0.6 is 11.8 Å².